The smallest absolute Gasteiger partial charge is 0.253 e. The van der Waals surface area contributed by atoms with E-state index in [1.54, 1.807) is 0 Å². The standard InChI is InChI=1S/C16H19FN4O.2ClH/c1-16(2-4-18-5-3-16)10-21-15(22)12-8-11(17)9-13-14(12)20-7-6-19-13;;/h6-9,18H,2-5,10H2,1H3,(H,21,22);2*1H. The van der Waals surface area contributed by atoms with Gasteiger partial charge in [0.05, 0.1) is 11.1 Å². The van der Waals surface area contributed by atoms with E-state index in [0.29, 0.717) is 17.6 Å². The van der Waals surface area contributed by atoms with Crippen molar-refractivity contribution in [3.05, 3.63) is 35.9 Å². The third kappa shape index (κ3) is 4.53. The number of nitrogens with one attached hydrogen (secondary N) is 2. The fourth-order valence-corrected chi connectivity index (χ4v) is 2.81. The summed E-state index contributed by atoms with van der Waals surface area (Å²) >= 11 is 0. The molecule has 0 saturated carbocycles. The summed E-state index contributed by atoms with van der Waals surface area (Å²) in [5.74, 6) is -0.781. The number of piperidine rings is 1. The van der Waals surface area contributed by atoms with Crippen LogP contribution in [0.3, 0.4) is 0 Å². The third-order valence-electron chi connectivity index (χ3n) is 4.27. The zero-order valence-corrected chi connectivity index (χ0v) is 15.0. The normalized spacial score (nSPS) is 15.9. The van der Waals surface area contributed by atoms with Crippen molar-refractivity contribution in [1.29, 1.82) is 0 Å². The molecular formula is C16H21Cl2FN4O. The predicted molar refractivity (Wildman–Crippen MR) is 96.5 cm³/mol. The quantitative estimate of drug-likeness (QED) is 0.866. The van der Waals surface area contributed by atoms with Gasteiger partial charge in [0.2, 0.25) is 0 Å². The van der Waals surface area contributed by atoms with E-state index >= 15 is 0 Å². The molecule has 24 heavy (non-hydrogen) atoms. The Labute approximate surface area is 152 Å². The minimum atomic E-state index is -0.480. The highest BCUT2D eigenvalue weighted by atomic mass is 35.5. The molecule has 1 aromatic heterocycles. The van der Waals surface area contributed by atoms with Gasteiger partial charge in [-0.2, -0.15) is 0 Å². The van der Waals surface area contributed by atoms with Crippen LogP contribution in [0.4, 0.5) is 4.39 Å². The summed E-state index contributed by atoms with van der Waals surface area (Å²) in [7, 11) is 0. The first-order valence-corrected chi connectivity index (χ1v) is 7.47. The molecular weight excluding hydrogens is 354 g/mol. The molecule has 1 aromatic carbocycles. The number of rotatable bonds is 3. The van der Waals surface area contributed by atoms with Crippen LogP contribution in [-0.2, 0) is 0 Å². The van der Waals surface area contributed by atoms with E-state index in [1.165, 1.54) is 24.5 Å². The molecule has 0 radical (unpaired) electrons. The van der Waals surface area contributed by atoms with Crippen LogP contribution in [0.25, 0.3) is 11.0 Å². The molecule has 0 bridgehead atoms. The topological polar surface area (TPSA) is 66.9 Å². The van der Waals surface area contributed by atoms with Gasteiger partial charge in [0.1, 0.15) is 11.3 Å². The Morgan fingerprint density at radius 3 is 2.62 bits per heavy atom. The van der Waals surface area contributed by atoms with Gasteiger partial charge in [-0.15, -0.1) is 24.8 Å². The van der Waals surface area contributed by atoms with Gasteiger partial charge in [0, 0.05) is 25.0 Å². The first-order chi connectivity index (χ1) is 10.6. The van der Waals surface area contributed by atoms with Crippen LogP contribution < -0.4 is 10.6 Å². The number of carbonyl (C=O) groups is 1. The highest BCUT2D eigenvalue weighted by Gasteiger charge is 2.27. The van der Waals surface area contributed by atoms with Crippen molar-refractivity contribution in [2.24, 2.45) is 5.41 Å². The monoisotopic (exact) mass is 374 g/mol. The Kier molecular flexibility index (Phi) is 7.32. The maximum atomic E-state index is 13.7. The van der Waals surface area contributed by atoms with Gasteiger partial charge in [-0.05, 0) is 37.4 Å². The fourth-order valence-electron chi connectivity index (χ4n) is 2.81. The lowest BCUT2D eigenvalue weighted by atomic mass is 9.81. The molecule has 1 fully saturated rings. The molecule has 0 spiro atoms. The number of benzene rings is 1. The molecule has 2 aromatic rings. The molecule has 1 amide bonds. The van der Waals surface area contributed by atoms with Gasteiger partial charge in [-0.1, -0.05) is 6.92 Å². The number of carbonyl (C=O) groups excluding carboxylic acids is 1. The van der Waals surface area contributed by atoms with E-state index in [-0.39, 0.29) is 41.7 Å². The molecule has 132 valence electrons. The van der Waals surface area contributed by atoms with E-state index in [9.17, 15) is 9.18 Å². The van der Waals surface area contributed by atoms with Crippen molar-refractivity contribution in [3.63, 3.8) is 0 Å². The maximum absolute atomic E-state index is 13.7. The van der Waals surface area contributed by atoms with Crippen LogP contribution in [0, 0.1) is 11.2 Å². The molecule has 5 nitrogen and oxygen atoms in total. The van der Waals surface area contributed by atoms with Crippen LogP contribution in [-0.4, -0.2) is 35.5 Å². The van der Waals surface area contributed by atoms with Crippen molar-refractivity contribution >= 4 is 41.8 Å². The summed E-state index contributed by atoms with van der Waals surface area (Å²) < 4.78 is 13.7. The molecule has 8 heteroatoms. The second-order valence-electron chi connectivity index (χ2n) is 6.12. The van der Waals surface area contributed by atoms with Crippen LogP contribution in [0.1, 0.15) is 30.1 Å². The van der Waals surface area contributed by atoms with Gasteiger partial charge in [-0.25, -0.2) is 4.39 Å². The van der Waals surface area contributed by atoms with Crippen molar-refractivity contribution in [3.8, 4) is 0 Å². The van der Waals surface area contributed by atoms with E-state index in [2.05, 4.69) is 27.5 Å². The van der Waals surface area contributed by atoms with Crippen molar-refractivity contribution < 1.29 is 9.18 Å². The SMILES string of the molecule is CC1(CNC(=O)c2cc(F)cc3nccnc23)CCNCC1.Cl.Cl. The van der Waals surface area contributed by atoms with Gasteiger partial charge in [0.25, 0.3) is 5.91 Å². The Hall–Kier alpha value is -1.50. The summed E-state index contributed by atoms with van der Waals surface area (Å²) in [5, 5.41) is 6.24. The molecule has 1 aliphatic heterocycles. The summed E-state index contributed by atoms with van der Waals surface area (Å²) in [4.78, 5) is 20.6. The third-order valence-corrected chi connectivity index (χ3v) is 4.27. The molecule has 2 N–H and O–H groups in total. The molecule has 2 heterocycles. The Morgan fingerprint density at radius 1 is 1.25 bits per heavy atom. The zero-order chi connectivity index (χ0) is 15.6. The lowest BCUT2D eigenvalue weighted by Crippen LogP contribution is -2.43. The number of amides is 1. The Bertz CT molecular complexity index is 708. The number of aromatic nitrogens is 2. The summed E-state index contributed by atoms with van der Waals surface area (Å²) in [5.41, 5.74) is 1.13. The first kappa shape index (κ1) is 20.5. The Balaban J connectivity index is 0.00000144. The minimum absolute atomic E-state index is 0. The molecule has 0 atom stereocenters. The summed E-state index contributed by atoms with van der Waals surface area (Å²) in [6.45, 7) is 4.66. The van der Waals surface area contributed by atoms with E-state index in [4.69, 9.17) is 0 Å². The number of nitrogens with zero attached hydrogens (tertiary/aromatic N) is 2. The molecule has 0 unspecified atom stereocenters. The molecule has 1 aliphatic rings. The van der Waals surface area contributed by atoms with Crippen molar-refractivity contribution in [2.75, 3.05) is 19.6 Å². The minimum Gasteiger partial charge on any atom is -0.351 e. The van der Waals surface area contributed by atoms with Gasteiger partial charge in [0.15, 0.2) is 0 Å². The maximum Gasteiger partial charge on any atom is 0.253 e. The number of hydrogen-bond acceptors (Lipinski definition) is 4. The lowest BCUT2D eigenvalue weighted by molar-refractivity contribution is 0.0923. The van der Waals surface area contributed by atoms with Gasteiger partial charge < -0.3 is 10.6 Å². The summed E-state index contributed by atoms with van der Waals surface area (Å²) in [6, 6.07) is 2.50. The number of hydrogen-bond donors (Lipinski definition) is 2. The van der Waals surface area contributed by atoms with Crippen LogP contribution >= 0.6 is 24.8 Å². The molecule has 1 saturated heterocycles. The average molecular weight is 375 g/mol. The Morgan fingerprint density at radius 2 is 1.92 bits per heavy atom. The lowest BCUT2D eigenvalue weighted by Gasteiger charge is -2.34. The highest BCUT2D eigenvalue weighted by Crippen LogP contribution is 2.27. The van der Waals surface area contributed by atoms with E-state index < -0.39 is 5.82 Å². The second-order valence-corrected chi connectivity index (χ2v) is 6.12. The summed E-state index contributed by atoms with van der Waals surface area (Å²) in [6.07, 6.45) is 5.01. The first-order valence-electron chi connectivity index (χ1n) is 7.47. The van der Waals surface area contributed by atoms with Crippen LogP contribution in [0.2, 0.25) is 0 Å². The van der Waals surface area contributed by atoms with Crippen LogP contribution in [0.5, 0.6) is 0 Å². The average Bonchev–Trinajstić information content (AvgIpc) is 2.52. The molecule has 3 rings (SSSR count). The molecule has 0 aliphatic carbocycles. The van der Waals surface area contributed by atoms with Gasteiger partial charge >= 0.3 is 0 Å². The second kappa shape index (κ2) is 8.55. The number of fused-ring (bicyclic) bond motifs is 1. The fraction of sp³-hybridized carbons (Fsp3) is 0.438. The highest BCUT2D eigenvalue weighted by molar-refractivity contribution is 6.04. The zero-order valence-electron chi connectivity index (χ0n) is 13.3. The van der Waals surface area contributed by atoms with E-state index in [1.807, 2.05) is 0 Å². The van der Waals surface area contributed by atoms with Gasteiger partial charge in [-0.3, -0.25) is 14.8 Å². The van der Waals surface area contributed by atoms with Crippen molar-refractivity contribution in [1.82, 2.24) is 20.6 Å². The van der Waals surface area contributed by atoms with Crippen LogP contribution in [0.15, 0.2) is 24.5 Å². The predicted octanol–water partition coefficient (Wildman–Crippen LogP) is 2.73. The number of halogens is 3. The largest absolute Gasteiger partial charge is 0.351 e. The van der Waals surface area contributed by atoms with Crippen molar-refractivity contribution in [2.45, 2.75) is 19.8 Å². The van der Waals surface area contributed by atoms with E-state index in [0.717, 1.165) is 25.9 Å².